The Morgan fingerprint density at radius 1 is 0.966 bits per heavy atom. The molecule has 0 fully saturated rings. The molecule has 0 saturated heterocycles. The number of nitriles is 1. The molecule has 0 radical (unpaired) electrons. The van der Waals surface area contributed by atoms with Crippen molar-refractivity contribution in [3.63, 3.8) is 0 Å². The molecule has 0 aliphatic heterocycles. The Balaban J connectivity index is 3.24. The molecule has 0 bridgehead atoms. The quantitative estimate of drug-likeness (QED) is 0.349. The number of aryl methyl sites for hydroxylation is 2. The van der Waals surface area contributed by atoms with E-state index in [0.717, 1.165) is 23.2 Å². The van der Waals surface area contributed by atoms with E-state index in [2.05, 4.69) is 39.1 Å². The van der Waals surface area contributed by atoms with Crippen LogP contribution in [0.1, 0.15) is 89.3 Å². The molecule has 1 amide bonds. The molecule has 3 nitrogen and oxygen atoms in total. The molecule has 0 spiro atoms. The second kappa shape index (κ2) is 13.0. The fraction of sp³-hybridized carbons (Fsp3) is 0.680. The first-order valence-corrected chi connectivity index (χ1v) is 14.4. The summed E-state index contributed by atoms with van der Waals surface area (Å²) in [5, 5.41) is 12.5. The van der Waals surface area contributed by atoms with E-state index in [1.807, 2.05) is 26.0 Å². The van der Waals surface area contributed by atoms with Crippen LogP contribution in [0.15, 0.2) is 12.1 Å². The predicted molar refractivity (Wildman–Crippen MR) is 131 cm³/mol. The topological polar surface area (TPSA) is 52.9 Å². The summed E-state index contributed by atoms with van der Waals surface area (Å²) in [7, 11) is -1.72. The number of anilines is 1. The molecule has 1 aromatic carbocycles. The van der Waals surface area contributed by atoms with Crippen LogP contribution < -0.4 is 5.32 Å². The van der Waals surface area contributed by atoms with E-state index in [1.165, 1.54) is 57.0 Å². The number of benzene rings is 1. The predicted octanol–water partition coefficient (Wildman–Crippen LogP) is 7.04. The van der Waals surface area contributed by atoms with E-state index in [-0.39, 0.29) is 11.6 Å². The van der Waals surface area contributed by atoms with Crippen molar-refractivity contribution in [2.45, 2.75) is 92.1 Å². The number of nitrogens with one attached hydrogen (secondary N) is 1. The summed E-state index contributed by atoms with van der Waals surface area (Å²) in [5.74, 6) is 0.221. The van der Waals surface area contributed by atoms with E-state index in [0.29, 0.717) is 5.56 Å². The van der Waals surface area contributed by atoms with Gasteiger partial charge in [-0.3, -0.25) is 0 Å². The first kappa shape index (κ1) is 25.6. The zero-order chi connectivity index (χ0) is 21.9. The molecular weight excluding hydrogens is 375 g/mol. The van der Waals surface area contributed by atoms with E-state index in [4.69, 9.17) is 0 Å². The van der Waals surface area contributed by atoms with E-state index < -0.39 is 7.26 Å². The van der Waals surface area contributed by atoms with Crippen molar-refractivity contribution in [2.24, 2.45) is 0 Å². The van der Waals surface area contributed by atoms with Gasteiger partial charge in [-0.05, 0) is 0 Å². The number of amides is 1. The van der Waals surface area contributed by atoms with Crippen molar-refractivity contribution in [3.8, 4) is 6.07 Å². The molecule has 1 aromatic rings. The zero-order valence-corrected chi connectivity index (χ0v) is 20.7. The van der Waals surface area contributed by atoms with E-state index in [9.17, 15) is 10.1 Å². The van der Waals surface area contributed by atoms with Crippen molar-refractivity contribution < 1.29 is 4.79 Å². The maximum atomic E-state index is 13.6. The van der Waals surface area contributed by atoms with Crippen LogP contribution in [0.4, 0.5) is 5.69 Å². The van der Waals surface area contributed by atoms with Crippen LogP contribution in [0, 0.1) is 25.2 Å². The van der Waals surface area contributed by atoms with Crippen LogP contribution in [0.2, 0.25) is 0 Å². The molecular formula is C25H43N2OP. The number of hydrogen-bond donors (Lipinski definition) is 1. The van der Waals surface area contributed by atoms with Gasteiger partial charge in [-0.15, -0.1) is 0 Å². The first-order chi connectivity index (χ1) is 13.9. The molecule has 29 heavy (non-hydrogen) atoms. The summed E-state index contributed by atoms with van der Waals surface area (Å²) in [4.78, 5) is 13.6. The Labute approximate surface area is 180 Å². The molecule has 0 heterocycles. The third kappa shape index (κ3) is 7.11. The van der Waals surface area contributed by atoms with Gasteiger partial charge in [0.2, 0.25) is 0 Å². The summed E-state index contributed by atoms with van der Waals surface area (Å²) in [6.45, 7) is 13.0. The van der Waals surface area contributed by atoms with Gasteiger partial charge < -0.3 is 0 Å². The van der Waals surface area contributed by atoms with E-state index >= 15 is 0 Å². The number of unbranched alkanes of at least 4 members (excludes halogenated alkanes) is 3. The van der Waals surface area contributed by atoms with Gasteiger partial charge in [0, 0.05) is 0 Å². The van der Waals surface area contributed by atoms with Gasteiger partial charge in [0.15, 0.2) is 0 Å². The second-order valence-corrected chi connectivity index (χ2v) is 13.6. The minimum absolute atomic E-state index is 0.168. The van der Waals surface area contributed by atoms with Crippen molar-refractivity contribution in [1.29, 1.82) is 5.26 Å². The van der Waals surface area contributed by atoms with Gasteiger partial charge >= 0.3 is 180 Å². The third-order valence-corrected chi connectivity index (χ3v) is 12.7. The molecule has 164 valence electrons. The van der Waals surface area contributed by atoms with Crippen LogP contribution in [-0.4, -0.2) is 30.1 Å². The maximum absolute atomic E-state index is 13.6. The number of carbonyl (C=O) groups excluding carboxylic acids is 1. The fourth-order valence-corrected chi connectivity index (χ4v) is 11.3. The monoisotopic (exact) mass is 418 g/mol. The summed E-state index contributed by atoms with van der Waals surface area (Å²) in [6, 6.07) is 5.96. The fourth-order valence-electron chi connectivity index (χ4n) is 4.82. The molecule has 0 aliphatic rings. The molecule has 1 rings (SSSR count). The van der Waals surface area contributed by atoms with Crippen LogP contribution in [0.25, 0.3) is 0 Å². The number of rotatable bonds is 13. The Morgan fingerprint density at radius 3 is 1.76 bits per heavy atom. The van der Waals surface area contributed by atoms with E-state index in [1.54, 1.807) is 0 Å². The van der Waals surface area contributed by atoms with Crippen molar-refractivity contribution in [1.82, 2.24) is 0 Å². The summed E-state index contributed by atoms with van der Waals surface area (Å²) in [5.41, 5.74) is 3.68. The van der Waals surface area contributed by atoms with Crippen molar-refractivity contribution >= 4 is 18.9 Å². The average Bonchev–Trinajstić information content (AvgIpc) is 2.71. The van der Waals surface area contributed by atoms with Crippen LogP contribution in [0.3, 0.4) is 0 Å². The molecule has 1 atom stereocenters. The number of nitrogens with zero attached hydrogens (tertiary/aromatic N) is 1. The Bertz CT molecular complexity index is 648. The van der Waals surface area contributed by atoms with Crippen LogP contribution >= 0.6 is 7.26 Å². The molecule has 1 unspecified atom stereocenters. The molecule has 4 heteroatoms. The standard InChI is InChI=1S/C25H43N2OP/c1-7-11-14-29(15-12-8-2,16-13-9-3)23(10-4)25(28)27-24-20(5)17-22(19-26)18-21(24)6/h17-18,23,29H,7-16H2,1-6H3,(H,27,28). The Morgan fingerprint density at radius 2 is 1.41 bits per heavy atom. The third-order valence-electron chi connectivity index (χ3n) is 6.46. The van der Waals surface area contributed by atoms with Gasteiger partial charge in [-0.1, -0.05) is 0 Å². The SMILES string of the molecule is CCCC[PH](CCCC)(CCCC)C(CC)C(=O)Nc1c(C)cc(C#N)cc1C. The molecule has 0 aliphatic carbocycles. The number of hydrogen-bond acceptors (Lipinski definition) is 2. The van der Waals surface area contributed by atoms with Crippen molar-refractivity contribution in [2.75, 3.05) is 23.8 Å². The van der Waals surface area contributed by atoms with Gasteiger partial charge in [0.1, 0.15) is 0 Å². The van der Waals surface area contributed by atoms with Crippen LogP contribution in [-0.2, 0) is 4.79 Å². The minimum atomic E-state index is -1.72. The second-order valence-electron chi connectivity index (χ2n) is 8.72. The van der Waals surface area contributed by atoms with Gasteiger partial charge in [-0.25, -0.2) is 0 Å². The number of carbonyl (C=O) groups is 1. The zero-order valence-electron chi connectivity index (χ0n) is 19.7. The normalized spacial score (nSPS) is 13.0. The molecule has 0 aromatic heterocycles. The summed E-state index contributed by atoms with van der Waals surface area (Å²) in [6.07, 6.45) is 12.1. The first-order valence-electron chi connectivity index (χ1n) is 11.7. The van der Waals surface area contributed by atoms with Gasteiger partial charge in [0.05, 0.1) is 0 Å². The Hall–Kier alpha value is -1.39. The average molecular weight is 419 g/mol. The summed E-state index contributed by atoms with van der Waals surface area (Å²) >= 11 is 0. The Kier molecular flexibility index (Phi) is 11.5. The molecule has 0 saturated carbocycles. The molecule has 1 N–H and O–H groups in total. The van der Waals surface area contributed by atoms with Gasteiger partial charge in [-0.2, -0.15) is 0 Å². The van der Waals surface area contributed by atoms with Crippen molar-refractivity contribution in [3.05, 3.63) is 28.8 Å². The van der Waals surface area contributed by atoms with Crippen LogP contribution in [0.5, 0.6) is 0 Å². The van der Waals surface area contributed by atoms with Gasteiger partial charge in [0.25, 0.3) is 0 Å². The summed E-state index contributed by atoms with van der Waals surface area (Å²) < 4.78 is 0.